The minimum Gasteiger partial charge on any atom is -0.497 e. The molecule has 0 saturated heterocycles. The number of halogens is 3. The standard InChI is InChI=1S/C26H21Cl2IN2O4/c1-33-20-6-3-16(4-7-20)14-31-26(32)19(13-30)9-18-11-23(29)25(24(12-18)34-2)35-15-17-5-8-21(27)22(28)10-17/h3-12H,14-15H2,1-2H3,(H,31,32)/b19-9-. The second-order valence-corrected chi connectivity index (χ2v) is 9.25. The van der Waals surface area contributed by atoms with Crippen LogP contribution in [-0.2, 0) is 17.9 Å². The minimum atomic E-state index is -0.475. The van der Waals surface area contributed by atoms with Gasteiger partial charge in [-0.2, -0.15) is 5.26 Å². The molecule has 1 amide bonds. The number of ether oxygens (including phenoxy) is 3. The van der Waals surface area contributed by atoms with Crippen molar-refractivity contribution in [1.29, 1.82) is 5.26 Å². The predicted octanol–water partition coefficient (Wildman–Crippen LogP) is 6.42. The molecule has 0 aliphatic rings. The van der Waals surface area contributed by atoms with Gasteiger partial charge in [-0.3, -0.25) is 4.79 Å². The van der Waals surface area contributed by atoms with Crippen LogP contribution in [0.25, 0.3) is 6.08 Å². The van der Waals surface area contributed by atoms with Gasteiger partial charge < -0.3 is 19.5 Å². The molecule has 0 heterocycles. The summed E-state index contributed by atoms with van der Waals surface area (Å²) >= 11 is 14.2. The smallest absolute Gasteiger partial charge is 0.262 e. The summed E-state index contributed by atoms with van der Waals surface area (Å²) in [5.41, 5.74) is 2.34. The van der Waals surface area contributed by atoms with E-state index in [0.29, 0.717) is 27.1 Å². The van der Waals surface area contributed by atoms with E-state index < -0.39 is 5.91 Å². The third-order valence-electron chi connectivity index (χ3n) is 4.91. The van der Waals surface area contributed by atoms with Crippen molar-refractivity contribution in [2.24, 2.45) is 0 Å². The molecule has 0 saturated carbocycles. The van der Waals surface area contributed by atoms with Crippen molar-refractivity contribution < 1.29 is 19.0 Å². The maximum Gasteiger partial charge on any atom is 0.262 e. The molecule has 0 bridgehead atoms. The summed E-state index contributed by atoms with van der Waals surface area (Å²) < 4.78 is 17.4. The Labute approximate surface area is 227 Å². The molecule has 180 valence electrons. The van der Waals surface area contributed by atoms with Crippen molar-refractivity contribution in [3.05, 3.63) is 90.5 Å². The van der Waals surface area contributed by atoms with Crippen LogP contribution in [-0.4, -0.2) is 20.1 Å². The van der Waals surface area contributed by atoms with E-state index >= 15 is 0 Å². The molecule has 9 heteroatoms. The van der Waals surface area contributed by atoms with Gasteiger partial charge in [0, 0.05) is 6.54 Å². The number of nitriles is 1. The summed E-state index contributed by atoms with van der Waals surface area (Å²) in [6.07, 6.45) is 1.51. The Bertz CT molecular complexity index is 1290. The summed E-state index contributed by atoms with van der Waals surface area (Å²) in [6, 6.07) is 18.1. The van der Waals surface area contributed by atoms with Crippen LogP contribution in [0.4, 0.5) is 0 Å². The fourth-order valence-electron chi connectivity index (χ4n) is 3.08. The van der Waals surface area contributed by atoms with Gasteiger partial charge in [0.15, 0.2) is 11.5 Å². The molecule has 1 N–H and O–H groups in total. The molecule has 0 unspecified atom stereocenters. The number of hydrogen-bond donors (Lipinski definition) is 1. The van der Waals surface area contributed by atoms with Gasteiger partial charge in [-0.05, 0) is 81.8 Å². The maximum atomic E-state index is 12.6. The van der Waals surface area contributed by atoms with E-state index in [2.05, 4.69) is 27.9 Å². The lowest BCUT2D eigenvalue weighted by molar-refractivity contribution is -0.117. The molecule has 0 atom stereocenters. The Morgan fingerprint density at radius 1 is 1.03 bits per heavy atom. The lowest BCUT2D eigenvalue weighted by Crippen LogP contribution is -2.23. The number of benzene rings is 3. The molecule has 6 nitrogen and oxygen atoms in total. The van der Waals surface area contributed by atoms with Gasteiger partial charge in [0.25, 0.3) is 5.91 Å². The zero-order chi connectivity index (χ0) is 25.4. The molecular formula is C26H21Cl2IN2O4. The van der Waals surface area contributed by atoms with Gasteiger partial charge in [0.2, 0.25) is 0 Å². The van der Waals surface area contributed by atoms with Gasteiger partial charge in [-0.1, -0.05) is 41.4 Å². The third-order valence-corrected chi connectivity index (χ3v) is 6.45. The molecule has 0 radical (unpaired) electrons. The van der Waals surface area contributed by atoms with Gasteiger partial charge in [-0.15, -0.1) is 0 Å². The number of rotatable bonds is 9. The molecule has 0 aliphatic carbocycles. The van der Waals surface area contributed by atoms with Crippen LogP contribution in [0.5, 0.6) is 17.2 Å². The number of carbonyl (C=O) groups is 1. The molecule has 0 spiro atoms. The zero-order valence-corrected chi connectivity index (χ0v) is 22.6. The molecule has 0 aromatic heterocycles. The predicted molar refractivity (Wildman–Crippen MR) is 145 cm³/mol. The lowest BCUT2D eigenvalue weighted by Gasteiger charge is -2.14. The van der Waals surface area contributed by atoms with Crippen LogP contribution in [0.3, 0.4) is 0 Å². The summed E-state index contributed by atoms with van der Waals surface area (Å²) in [7, 11) is 3.11. The molecule has 3 aromatic rings. The highest BCUT2D eigenvalue weighted by Gasteiger charge is 2.14. The van der Waals surface area contributed by atoms with Crippen LogP contribution in [0.1, 0.15) is 16.7 Å². The second-order valence-electron chi connectivity index (χ2n) is 7.27. The Balaban J connectivity index is 1.73. The van der Waals surface area contributed by atoms with Gasteiger partial charge >= 0.3 is 0 Å². The first kappa shape index (κ1) is 26.7. The van der Waals surface area contributed by atoms with Gasteiger partial charge in [0.05, 0.1) is 27.8 Å². The monoisotopic (exact) mass is 622 g/mol. The third kappa shape index (κ3) is 7.28. The molecule has 35 heavy (non-hydrogen) atoms. The van der Waals surface area contributed by atoms with E-state index in [-0.39, 0.29) is 18.7 Å². The van der Waals surface area contributed by atoms with E-state index in [4.69, 9.17) is 37.4 Å². The number of hydrogen-bond acceptors (Lipinski definition) is 5. The van der Waals surface area contributed by atoms with E-state index in [1.165, 1.54) is 13.2 Å². The highest BCUT2D eigenvalue weighted by atomic mass is 127. The molecule has 3 rings (SSSR count). The van der Waals surface area contributed by atoms with E-state index in [1.807, 2.05) is 36.4 Å². The highest BCUT2D eigenvalue weighted by molar-refractivity contribution is 14.1. The Hall–Kier alpha value is -2.93. The molecule has 3 aromatic carbocycles. The average molecular weight is 623 g/mol. The Morgan fingerprint density at radius 3 is 2.37 bits per heavy atom. The number of nitrogens with one attached hydrogen (secondary N) is 1. The quantitative estimate of drug-likeness (QED) is 0.169. The summed E-state index contributed by atoms with van der Waals surface area (Å²) in [5, 5.41) is 13.2. The number of methoxy groups -OCH3 is 2. The van der Waals surface area contributed by atoms with E-state index in [9.17, 15) is 10.1 Å². The summed E-state index contributed by atoms with van der Waals surface area (Å²) in [6.45, 7) is 0.542. The number of nitrogens with zero attached hydrogens (tertiary/aromatic N) is 1. The minimum absolute atomic E-state index is 0.0270. The van der Waals surface area contributed by atoms with E-state index in [0.717, 1.165) is 20.4 Å². The van der Waals surface area contributed by atoms with Gasteiger partial charge in [0.1, 0.15) is 24.0 Å². The van der Waals surface area contributed by atoms with Crippen LogP contribution in [0.2, 0.25) is 10.0 Å². The van der Waals surface area contributed by atoms with Crippen molar-refractivity contribution >= 4 is 57.8 Å². The average Bonchev–Trinajstić information content (AvgIpc) is 2.87. The largest absolute Gasteiger partial charge is 0.497 e. The highest BCUT2D eigenvalue weighted by Crippen LogP contribution is 2.35. The molecule has 0 aliphatic heterocycles. The SMILES string of the molecule is COc1ccc(CNC(=O)/C(C#N)=C\c2cc(I)c(OCc3ccc(Cl)c(Cl)c3)c(OC)c2)cc1. The van der Waals surface area contributed by atoms with Crippen LogP contribution < -0.4 is 19.5 Å². The normalized spacial score (nSPS) is 10.9. The zero-order valence-electron chi connectivity index (χ0n) is 18.9. The second kappa shape index (κ2) is 12.7. The van der Waals surface area contributed by atoms with Crippen LogP contribution in [0.15, 0.2) is 60.2 Å². The van der Waals surface area contributed by atoms with Crippen molar-refractivity contribution in [3.8, 4) is 23.3 Å². The van der Waals surface area contributed by atoms with Crippen molar-refractivity contribution in [3.63, 3.8) is 0 Å². The summed E-state index contributed by atoms with van der Waals surface area (Å²) in [5.74, 6) is 1.26. The number of carbonyl (C=O) groups excluding carboxylic acids is 1. The topological polar surface area (TPSA) is 80.6 Å². The Kier molecular flexibility index (Phi) is 9.66. The van der Waals surface area contributed by atoms with Crippen molar-refractivity contribution in [2.45, 2.75) is 13.2 Å². The first-order valence-corrected chi connectivity index (χ1v) is 12.1. The van der Waals surface area contributed by atoms with Crippen LogP contribution in [0, 0.1) is 14.9 Å². The first-order chi connectivity index (χ1) is 16.8. The molecule has 0 fully saturated rings. The molecular weight excluding hydrogens is 602 g/mol. The van der Waals surface area contributed by atoms with Gasteiger partial charge in [-0.25, -0.2) is 0 Å². The van der Waals surface area contributed by atoms with Crippen LogP contribution >= 0.6 is 45.8 Å². The van der Waals surface area contributed by atoms with Crippen molar-refractivity contribution in [1.82, 2.24) is 5.32 Å². The maximum absolute atomic E-state index is 12.6. The number of amides is 1. The van der Waals surface area contributed by atoms with E-state index in [1.54, 1.807) is 31.4 Å². The van der Waals surface area contributed by atoms with Crippen molar-refractivity contribution in [2.75, 3.05) is 14.2 Å². The Morgan fingerprint density at radius 2 is 1.74 bits per heavy atom. The lowest BCUT2D eigenvalue weighted by atomic mass is 10.1. The first-order valence-electron chi connectivity index (χ1n) is 10.3. The fraction of sp³-hybridized carbons (Fsp3) is 0.154. The fourth-order valence-corrected chi connectivity index (χ4v) is 4.19. The summed E-state index contributed by atoms with van der Waals surface area (Å²) in [4.78, 5) is 12.6.